The Labute approximate surface area is 163 Å². The number of amides is 1. The van der Waals surface area contributed by atoms with Crippen LogP contribution >= 0.6 is 11.8 Å². The molecule has 1 N–H and O–H groups in total. The SMILES string of the molecule is CCC(Sc1cc(C)ncn1)C(=O)Nc1ccc(Oc2ccccc2)cc1. The summed E-state index contributed by atoms with van der Waals surface area (Å²) in [4.78, 5) is 20.9. The molecular weight excluding hydrogens is 358 g/mol. The van der Waals surface area contributed by atoms with E-state index in [0.29, 0.717) is 6.42 Å². The number of thioether (sulfide) groups is 1. The van der Waals surface area contributed by atoms with Crippen molar-refractivity contribution in [2.45, 2.75) is 30.5 Å². The van der Waals surface area contributed by atoms with E-state index in [4.69, 9.17) is 4.74 Å². The first-order valence-electron chi connectivity index (χ1n) is 8.73. The molecule has 0 fully saturated rings. The van der Waals surface area contributed by atoms with E-state index >= 15 is 0 Å². The summed E-state index contributed by atoms with van der Waals surface area (Å²) >= 11 is 1.45. The largest absolute Gasteiger partial charge is 0.457 e. The van der Waals surface area contributed by atoms with Gasteiger partial charge in [0.25, 0.3) is 0 Å². The van der Waals surface area contributed by atoms with Crippen molar-refractivity contribution < 1.29 is 9.53 Å². The van der Waals surface area contributed by atoms with Gasteiger partial charge in [0.05, 0.1) is 5.25 Å². The summed E-state index contributed by atoms with van der Waals surface area (Å²) in [6, 6.07) is 18.8. The van der Waals surface area contributed by atoms with E-state index in [-0.39, 0.29) is 11.2 Å². The molecule has 0 saturated heterocycles. The van der Waals surface area contributed by atoms with Gasteiger partial charge in [-0.25, -0.2) is 9.97 Å². The molecule has 6 heteroatoms. The third kappa shape index (κ3) is 5.56. The highest BCUT2D eigenvalue weighted by molar-refractivity contribution is 8.00. The van der Waals surface area contributed by atoms with Gasteiger partial charge in [-0.1, -0.05) is 36.9 Å². The lowest BCUT2D eigenvalue weighted by molar-refractivity contribution is -0.115. The van der Waals surface area contributed by atoms with Gasteiger partial charge in [-0.05, 0) is 55.8 Å². The highest BCUT2D eigenvalue weighted by Crippen LogP contribution is 2.26. The number of hydrogen-bond acceptors (Lipinski definition) is 5. The molecule has 1 heterocycles. The van der Waals surface area contributed by atoms with Gasteiger partial charge in [0.2, 0.25) is 5.91 Å². The number of anilines is 1. The fourth-order valence-electron chi connectivity index (χ4n) is 2.42. The van der Waals surface area contributed by atoms with Crippen molar-refractivity contribution in [2.75, 3.05) is 5.32 Å². The molecule has 0 spiro atoms. The van der Waals surface area contributed by atoms with Crippen molar-refractivity contribution >= 4 is 23.4 Å². The van der Waals surface area contributed by atoms with Gasteiger partial charge < -0.3 is 10.1 Å². The van der Waals surface area contributed by atoms with Crippen LogP contribution in [-0.2, 0) is 4.79 Å². The van der Waals surface area contributed by atoms with Crippen molar-refractivity contribution in [1.82, 2.24) is 9.97 Å². The minimum Gasteiger partial charge on any atom is -0.457 e. The molecule has 0 aliphatic rings. The van der Waals surface area contributed by atoms with Gasteiger partial charge in [0.15, 0.2) is 0 Å². The van der Waals surface area contributed by atoms with Gasteiger partial charge in [-0.15, -0.1) is 0 Å². The predicted molar refractivity (Wildman–Crippen MR) is 108 cm³/mol. The number of rotatable bonds is 7. The third-order valence-electron chi connectivity index (χ3n) is 3.81. The lowest BCUT2D eigenvalue weighted by Crippen LogP contribution is -2.24. The van der Waals surface area contributed by atoms with Gasteiger partial charge in [0.1, 0.15) is 22.9 Å². The first-order chi connectivity index (χ1) is 13.1. The number of nitrogens with one attached hydrogen (secondary N) is 1. The molecule has 1 amide bonds. The monoisotopic (exact) mass is 379 g/mol. The zero-order valence-corrected chi connectivity index (χ0v) is 16.1. The van der Waals surface area contributed by atoms with E-state index in [2.05, 4.69) is 15.3 Å². The van der Waals surface area contributed by atoms with E-state index < -0.39 is 0 Å². The van der Waals surface area contributed by atoms with Gasteiger partial charge in [0, 0.05) is 11.4 Å². The molecule has 1 atom stereocenters. The summed E-state index contributed by atoms with van der Waals surface area (Å²) in [5, 5.41) is 3.54. The van der Waals surface area contributed by atoms with Crippen LogP contribution in [0.15, 0.2) is 72.0 Å². The van der Waals surface area contributed by atoms with Crippen LogP contribution in [0.25, 0.3) is 0 Å². The Morgan fingerprint density at radius 2 is 1.78 bits per heavy atom. The Kier molecular flexibility index (Phi) is 6.44. The molecule has 0 saturated carbocycles. The molecule has 3 rings (SSSR count). The van der Waals surface area contributed by atoms with Crippen molar-refractivity contribution in [1.29, 1.82) is 0 Å². The van der Waals surface area contributed by atoms with E-state index in [1.807, 2.05) is 74.5 Å². The van der Waals surface area contributed by atoms with Crippen LogP contribution in [0.3, 0.4) is 0 Å². The number of nitrogens with zero attached hydrogens (tertiary/aromatic N) is 2. The van der Waals surface area contributed by atoms with Crippen molar-refractivity contribution in [3.8, 4) is 11.5 Å². The molecule has 2 aromatic carbocycles. The maximum absolute atomic E-state index is 12.6. The minimum absolute atomic E-state index is 0.0458. The van der Waals surface area contributed by atoms with Gasteiger partial charge >= 0.3 is 0 Å². The molecule has 27 heavy (non-hydrogen) atoms. The number of hydrogen-bond donors (Lipinski definition) is 1. The van der Waals surface area contributed by atoms with Crippen LogP contribution in [0.1, 0.15) is 19.0 Å². The Balaban J connectivity index is 1.60. The Hall–Kier alpha value is -2.86. The number of para-hydroxylation sites is 1. The van der Waals surface area contributed by atoms with Crippen molar-refractivity contribution in [2.24, 2.45) is 0 Å². The smallest absolute Gasteiger partial charge is 0.237 e. The molecule has 0 aliphatic carbocycles. The first-order valence-corrected chi connectivity index (χ1v) is 9.61. The van der Waals surface area contributed by atoms with Gasteiger partial charge in [-0.3, -0.25) is 4.79 Å². The molecule has 0 radical (unpaired) electrons. The second-order valence-electron chi connectivity index (χ2n) is 5.94. The molecular formula is C21H21N3O2S. The number of carbonyl (C=O) groups excluding carboxylic acids is 1. The Morgan fingerprint density at radius 3 is 2.44 bits per heavy atom. The zero-order chi connectivity index (χ0) is 19.1. The maximum atomic E-state index is 12.6. The van der Waals surface area contributed by atoms with Crippen LogP contribution < -0.4 is 10.1 Å². The molecule has 1 aromatic heterocycles. The molecule has 0 aliphatic heterocycles. The topological polar surface area (TPSA) is 64.1 Å². The lowest BCUT2D eigenvalue weighted by Gasteiger charge is -2.14. The van der Waals surface area contributed by atoms with E-state index in [9.17, 15) is 4.79 Å². The summed E-state index contributed by atoms with van der Waals surface area (Å²) < 4.78 is 5.77. The predicted octanol–water partition coefficient (Wildman–Crippen LogP) is 5.09. The fourth-order valence-corrected chi connectivity index (χ4v) is 3.39. The molecule has 0 bridgehead atoms. The number of benzene rings is 2. The summed E-state index contributed by atoms with van der Waals surface area (Å²) in [6.07, 6.45) is 2.22. The van der Waals surface area contributed by atoms with Crippen molar-refractivity contribution in [3.63, 3.8) is 0 Å². The number of aryl methyl sites for hydroxylation is 1. The van der Waals surface area contributed by atoms with Crippen LogP contribution in [0.5, 0.6) is 11.5 Å². The Bertz CT molecular complexity index is 885. The third-order valence-corrected chi connectivity index (χ3v) is 5.10. The van der Waals surface area contributed by atoms with Crippen LogP contribution in [0.2, 0.25) is 0 Å². The second-order valence-corrected chi connectivity index (χ2v) is 7.16. The quantitative estimate of drug-likeness (QED) is 0.458. The Morgan fingerprint density at radius 1 is 1.07 bits per heavy atom. The fraction of sp³-hybridized carbons (Fsp3) is 0.190. The van der Waals surface area contributed by atoms with E-state index in [0.717, 1.165) is 27.9 Å². The van der Waals surface area contributed by atoms with Crippen LogP contribution in [-0.4, -0.2) is 21.1 Å². The minimum atomic E-state index is -0.223. The van der Waals surface area contributed by atoms with Gasteiger partial charge in [-0.2, -0.15) is 0 Å². The molecule has 5 nitrogen and oxygen atoms in total. The van der Waals surface area contributed by atoms with E-state index in [1.165, 1.54) is 18.1 Å². The average Bonchev–Trinajstić information content (AvgIpc) is 2.68. The second kappa shape index (κ2) is 9.19. The summed E-state index contributed by atoms with van der Waals surface area (Å²) in [6.45, 7) is 3.90. The lowest BCUT2D eigenvalue weighted by atomic mass is 10.2. The first kappa shape index (κ1) is 18.9. The van der Waals surface area contributed by atoms with E-state index in [1.54, 1.807) is 0 Å². The standard InChI is InChI=1S/C21H21N3O2S/c1-3-19(27-20-13-15(2)22-14-23-20)21(25)24-16-9-11-18(12-10-16)26-17-7-5-4-6-8-17/h4-14,19H,3H2,1-2H3,(H,24,25). The molecule has 138 valence electrons. The highest BCUT2D eigenvalue weighted by atomic mass is 32.2. The summed E-state index contributed by atoms with van der Waals surface area (Å²) in [5.41, 5.74) is 1.62. The zero-order valence-electron chi connectivity index (χ0n) is 15.3. The average molecular weight is 379 g/mol. The molecule has 3 aromatic rings. The summed E-state index contributed by atoms with van der Waals surface area (Å²) in [5.74, 6) is 1.45. The summed E-state index contributed by atoms with van der Waals surface area (Å²) in [7, 11) is 0. The normalized spacial score (nSPS) is 11.6. The maximum Gasteiger partial charge on any atom is 0.237 e. The van der Waals surface area contributed by atoms with Crippen LogP contribution in [0, 0.1) is 6.92 Å². The molecule has 1 unspecified atom stereocenters. The highest BCUT2D eigenvalue weighted by Gasteiger charge is 2.19. The number of aromatic nitrogens is 2. The van der Waals surface area contributed by atoms with Crippen molar-refractivity contribution in [3.05, 3.63) is 72.7 Å². The number of carbonyl (C=O) groups is 1. The number of ether oxygens (including phenoxy) is 1. The van der Waals surface area contributed by atoms with Crippen LogP contribution in [0.4, 0.5) is 5.69 Å².